The maximum absolute atomic E-state index is 14.1. The lowest BCUT2D eigenvalue weighted by Gasteiger charge is -2.39. The van der Waals surface area contributed by atoms with Crippen LogP contribution in [0.5, 0.6) is 0 Å². The van der Waals surface area contributed by atoms with E-state index >= 15 is 0 Å². The molecule has 1 N–H and O–H groups in total. The third-order valence-corrected chi connectivity index (χ3v) is 7.02. The van der Waals surface area contributed by atoms with Crippen LogP contribution in [0.4, 0.5) is 4.39 Å². The lowest BCUT2D eigenvalue weighted by atomic mass is 9.95. The third kappa shape index (κ3) is 4.54. The Morgan fingerprint density at radius 2 is 1.58 bits per heavy atom. The normalized spacial score (nSPS) is 22.4. The fourth-order valence-electron chi connectivity index (χ4n) is 3.84. The van der Waals surface area contributed by atoms with Crippen LogP contribution in [0.2, 0.25) is 0 Å². The molecule has 6 heteroatoms. The average molecular weight is 437 g/mol. The van der Waals surface area contributed by atoms with E-state index in [4.69, 9.17) is 4.74 Å². The average Bonchev–Trinajstić information content (AvgIpc) is 2.74. The Morgan fingerprint density at radius 1 is 0.968 bits per heavy atom. The second kappa shape index (κ2) is 8.63. The Balaban J connectivity index is 1.56. The molecule has 0 radical (unpaired) electrons. The van der Waals surface area contributed by atoms with Gasteiger partial charge in [0.25, 0.3) is 6.02 Å². The molecular weight excluding hydrogens is 411 g/mol. The highest BCUT2D eigenvalue weighted by atomic mass is 32.2. The molecule has 1 saturated heterocycles. The maximum Gasteiger partial charge on any atom is 0.298 e. The number of halogens is 1. The van der Waals surface area contributed by atoms with Crippen LogP contribution < -0.4 is 4.72 Å². The Kier molecular flexibility index (Phi) is 5.92. The van der Waals surface area contributed by atoms with Gasteiger partial charge in [0.15, 0.2) is 0 Å². The van der Waals surface area contributed by atoms with Crippen molar-refractivity contribution in [3.05, 3.63) is 95.8 Å². The van der Waals surface area contributed by atoms with Gasteiger partial charge in [-0.15, -0.1) is 0 Å². The Bertz CT molecular complexity index is 1110. The van der Waals surface area contributed by atoms with Crippen LogP contribution in [0.3, 0.4) is 0 Å². The minimum absolute atomic E-state index is 0.163. The number of aliphatic imine (C=N–C) groups is 1. The van der Waals surface area contributed by atoms with E-state index < -0.39 is 22.6 Å². The molecule has 4 rings (SSSR count). The van der Waals surface area contributed by atoms with Crippen molar-refractivity contribution in [1.82, 2.24) is 4.72 Å². The fourth-order valence-corrected chi connectivity index (χ4v) is 5.20. The number of nitrogens with one attached hydrogen (secondary N) is 1. The van der Waals surface area contributed by atoms with Gasteiger partial charge in [-0.25, -0.2) is 13.6 Å². The first-order valence-electron chi connectivity index (χ1n) is 10.2. The fraction of sp³-hybridized carbons (Fsp3) is 0.240. The monoisotopic (exact) mass is 436 g/mol. The number of rotatable bonds is 4. The summed E-state index contributed by atoms with van der Waals surface area (Å²) in [7, 11) is -1.46. The Labute approximate surface area is 184 Å². The number of amidine groups is 1. The van der Waals surface area contributed by atoms with Gasteiger partial charge in [-0.2, -0.15) is 0 Å². The van der Waals surface area contributed by atoms with E-state index in [2.05, 4.69) is 21.8 Å². The van der Waals surface area contributed by atoms with Crippen LogP contribution in [0, 0.1) is 5.82 Å². The van der Waals surface area contributed by atoms with Gasteiger partial charge in [0.2, 0.25) is 0 Å². The molecule has 160 valence electrons. The van der Waals surface area contributed by atoms with Crippen molar-refractivity contribution in [1.29, 1.82) is 0 Å². The summed E-state index contributed by atoms with van der Waals surface area (Å²) in [5.74, 6) is -0.327. The number of ether oxygens (including phenoxy) is 1. The summed E-state index contributed by atoms with van der Waals surface area (Å²) < 4.78 is 36.1. The number of nitrogens with zero attached hydrogens (tertiary/aromatic N) is 1. The van der Waals surface area contributed by atoms with Gasteiger partial charge in [-0.1, -0.05) is 72.8 Å². The van der Waals surface area contributed by atoms with E-state index in [0.717, 1.165) is 16.7 Å². The van der Waals surface area contributed by atoms with Gasteiger partial charge in [-0.3, -0.25) is 4.72 Å². The molecule has 0 aliphatic carbocycles. The number of hydrogen-bond donors (Lipinski definition) is 1. The van der Waals surface area contributed by atoms with Gasteiger partial charge >= 0.3 is 0 Å². The van der Waals surface area contributed by atoms with Crippen molar-refractivity contribution in [3.63, 3.8) is 0 Å². The number of benzene rings is 3. The largest absolute Gasteiger partial charge is 0.457 e. The molecule has 2 unspecified atom stereocenters. The minimum atomic E-state index is -1.46. The molecule has 0 amide bonds. The van der Waals surface area contributed by atoms with E-state index in [1.54, 1.807) is 25.1 Å². The summed E-state index contributed by atoms with van der Waals surface area (Å²) in [5.41, 5.74) is 2.83. The summed E-state index contributed by atoms with van der Waals surface area (Å²) >= 11 is 0. The highest BCUT2D eigenvalue weighted by molar-refractivity contribution is 7.84. The Morgan fingerprint density at radius 3 is 2.23 bits per heavy atom. The van der Waals surface area contributed by atoms with Crippen LogP contribution in [-0.4, -0.2) is 15.8 Å². The maximum atomic E-state index is 14.1. The van der Waals surface area contributed by atoms with Crippen molar-refractivity contribution in [3.8, 4) is 11.1 Å². The van der Waals surface area contributed by atoms with Crippen LogP contribution in [0.25, 0.3) is 11.1 Å². The van der Waals surface area contributed by atoms with Gasteiger partial charge in [0.05, 0.1) is 6.04 Å². The topological polar surface area (TPSA) is 50.7 Å². The smallest absolute Gasteiger partial charge is 0.298 e. The molecule has 31 heavy (non-hydrogen) atoms. The molecule has 3 atom stereocenters. The lowest BCUT2D eigenvalue weighted by molar-refractivity contribution is 0.0787. The van der Waals surface area contributed by atoms with E-state index in [9.17, 15) is 8.60 Å². The van der Waals surface area contributed by atoms with Gasteiger partial charge in [0, 0.05) is 5.56 Å². The summed E-state index contributed by atoms with van der Waals surface area (Å²) in [6.45, 7) is 5.57. The van der Waals surface area contributed by atoms with Crippen molar-refractivity contribution < 1.29 is 13.3 Å². The molecule has 1 aliphatic heterocycles. The van der Waals surface area contributed by atoms with Crippen LogP contribution in [-0.2, 0) is 15.7 Å². The standard InChI is InChI=1S/C25H25FN2O2S/c1-17(21-11-7-8-12-22(21)26)27-24-28-31(29)23(25(2,3)30-24)20-15-13-19(14-16-20)18-9-5-4-6-10-18/h4-17,23H,1-3H3,(H,27,28)/t17-,23?,31?/m0/s1. The quantitative estimate of drug-likeness (QED) is 0.569. The zero-order valence-electron chi connectivity index (χ0n) is 17.7. The molecule has 0 spiro atoms. The highest BCUT2D eigenvalue weighted by Crippen LogP contribution is 2.37. The second-order valence-electron chi connectivity index (χ2n) is 8.10. The molecule has 1 fully saturated rings. The first kappa shape index (κ1) is 21.2. The lowest BCUT2D eigenvalue weighted by Crippen LogP contribution is -2.50. The number of hydrogen-bond acceptors (Lipinski definition) is 3. The predicted octanol–water partition coefficient (Wildman–Crippen LogP) is 5.71. The summed E-state index contributed by atoms with van der Waals surface area (Å²) in [6.07, 6.45) is 0. The zero-order valence-corrected chi connectivity index (χ0v) is 18.5. The van der Waals surface area contributed by atoms with Crippen LogP contribution >= 0.6 is 0 Å². The summed E-state index contributed by atoms with van der Waals surface area (Å²) in [4.78, 5) is 4.45. The van der Waals surface area contributed by atoms with Crippen molar-refractivity contribution >= 4 is 17.0 Å². The summed E-state index contributed by atoms with van der Waals surface area (Å²) in [6, 6.07) is 24.3. The van der Waals surface area contributed by atoms with E-state index in [-0.39, 0.29) is 17.1 Å². The Hall–Kier alpha value is -2.99. The minimum Gasteiger partial charge on any atom is -0.457 e. The molecule has 3 aromatic rings. The van der Waals surface area contributed by atoms with E-state index in [1.165, 1.54) is 6.07 Å². The predicted molar refractivity (Wildman–Crippen MR) is 123 cm³/mol. The van der Waals surface area contributed by atoms with Crippen molar-refractivity contribution in [2.24, 2.45) is 4.99 Å². The molecule has 1 heterocycles. The summed E-state index contributed by atoms with van der Waals surface area (Å²) in [5, 5.41) is -0.389. The molecule has 3 aromatic carbocycles. The van der Waals surface area contributed by atoms with Gasteiger partial charge < -0.3 is 4.74 Å². The highest BCUT2D eigenvalue weighted by Gasteiger charge is 2.43. The van der Waals surface area contributed by atoms with Gasteiger partial charge in [0.1, 0.15) is 27.7 Å². The van der Waals surface area contributed by atoms with Crippen molar-refractivity contribution in [2.45, 2.75) is 37.7 Å². The SMILES string of the molecule is C[C@H](N=C1NS(=O)C(c2ccc(-c3ccccc3)cc2)C(C)(C)O1)c1ccccc1F. The molecule has 0 saturated carbocycles. The second-order valence-corrected chi connectivity index (χ2v) is 9.38. The molecule has 0 bridgehead atoms. The molecule has 0 aromatic heterocycles. The van der Waals surface area contributed by atoms with Crippen LogP contribution in [0.1, 0.15) is 43.2 Å². The molecule has 1 aliphatic rings. The zero-order chi connectivity index (χ0) is 22.0. The first-order chi connectivity index (χ1) is 14.8. The molecule has 4 nitrogen and oxygen atoms in total. The van der Waals surface area contributed by atoms with E-state index in [0.29, 0.717) is 5.56 Å². The molecular formula is C25H25FN2O2S. The van der Waals surface area contributed by atoms with Gasteiger partial charge in [-0.05, 0) is 43.5 Å². The van der Waals surface area contributed by atoms with Crippen LogP contribution in [0.15, 0.2) is 83.9 Å². The third-order valence-electron chi connectivity index (χ3n) is 5.38. The van der Waals surface area contributed by atoms with E-state index in [1.807, 2.05) is 56.3 Å². The first-order valence-corrected chi connectivity index (χ1v) is 11.4. The van der Waals surface area contributed by atoms with Crippen molar-refractivity contribution in [2.75, 3.05) is 0 Å².